The lowest BCUT2D eigenvalue weighted by atomic mass is 9.76. The fourth-order valence-electron chi connectivity index (χ4n) is 3.13. The average molecular weight is 248 g/mol. The van der Waals surface area contributed by atoms with E-state index in [0.29, 0.717) is 5.92 Å². The molecule has 1 saturated heterocycles. The third-order valence-corrected chi connectivity index (χ3v) is 4.11. The van der Waals surface area contributed by atoms with Gasteiger partial charge in [-0.15, -0.1) is 0 Å². The molecule has 1 aromatic carbocycles. The number of fused-ring (bicyclic) bond motifs is 3. The Balaban J connectivity index is 2.06. The van der Waals surface area contributed by atoms with Gasteiger partial charge in [-0.25, -0.2) is 0 Å². The molecule has 0 spiro atoms. The molecule has 0 N–H and O–H groups in total. The zero-order valence-corrected chi connectivity index (χ0v) is 11.2. The lowest BCUT2D eigenvalue weighted by Crippen LogP contribution is -2.47. The van der Waals surface area contributed by atoms with E-state index >= 15 is 0 Å². The van der Waals surface area contributed by atoms with Crippen molar-refractivity contribution in [3.05, 3.63) is 23.8 Å². The van der Waals surface area contributed by atoms with Crippen LogP contribution in [0.2, 0.25) is 0 Å². The first-order chi connectivity index (χ1) is 8.62. The van der Waals surface area contributed by atoms with Gasteiger partial charge < -0.3 is 14.2 Å². The molecule has 0 aromatic heterocycles. The van der Waals surface area contributed by atoms with E-state index in [0.717, 1.165) is 36.5 Å². The largest absolute Gasteiger partial charge is 0.497 e. The molecular weight excluding hydrogens is 228 g/mol. The highest BCUT2D eigenvalue weighted by atomic mass is 16.5. The van der Waals surface area contributed by atoms with Crippen LogP contribution in [0.25, 0.3) is 0 Å². The number of rotatable bonds is 1. The van der Waals surface area contributed by atoms with Crippen molar-refractivity contribution in [2.45, 2.75) is 38.4 Å². The van der Waals surface area contributed by atoms with Gasteiger partial charge in [-0.1, -0.05) is 0 Å². The summed E-state index contributed by atoms with van der Waals surface area (Å²) in [6, 6.07) is 5.98. The molecule has 2 unspecified atom stereocenters. The van der Waals surface area contributed by atoms with Crippen LogP contribution in [0.5, 0.6) is 11.5 Å². The van der Waals surface area contributed by atoms with Gasteiger partial charge in [0.25, 0.3) is 0 Å². The summed E-state index contributed by atoms with van der Waals surface area (Å²) in [4.78, 5) is 0. The van der Waals surface area contributed by atoms with E-state index in [1.807, 2.05) is 18.2 Å². The van der Waals surface area contributed by atoms with E-state index in [-0.39, 0.29) is 11.7 Å². The van der Waals surface area contributed by atoms with Gasteiger partial charge in [-0.2, -0.15) is 0 Å². The SMILES string of the molecule is COc1ccc2c(c1)C1OCCCC1C(C)(C)O2. The Hall–Kier alpha value is -1.22. The maximum Gasteiger partial charge on any atom is 0.126 e. The Morgan fingerprint density at radius 3 is 2.94 bits per heavy atom. The van der Waals surface area contributed by atoms with Crippen LogP contribution in [0.3, 0.4) is 0 Å². The summed E-state index contributed by atoms with van der Waals surface area (Å²) in [6.07, 6.45) is 2.43. The van der Waals surface area contributed by atoms with Crippen LogP contribution in [0, 0.1) is 5.92 Å². The van der Waals surface area contributed by atoms with Gasteiger partial charge in [0.15, 0.2) is 0 Å². The molecule has 2 heterocycles. The van der Waals surface area contributed by atoms with Gasteiger partial charge in [0.2, 0.25) is 0 Å². The first-order valence-corrected chi connectivity index (χ1v) is 6.60. The Kier molecular flexibility index (Phi) is 2.74. The highest BCUT2D eigenvalue weighted by Crippen LogP contribution is 2.49. The van der Waals surface area contributed by atoms with E-state index in [2.05, 4.69) is 13.8 Å². The molecule has 1 fully saturated rings. The topological polar surface area (TPSA) is 27.7 Å². The van der Waals surface area contributed by atoms with Crippen molar-refractivity contribution >= 4 is 0 Å². The second-order valence-electron chi connectivity index (χ2n) is 5.65. The molecule has 3 heteroatoms. The summed E-state index contributed by atoms with van der Waals surface area (Å²) in [5.74, 6) is 2.22. The second-order valence-corrected chi connectivity index (χ2v) is 5.65. The maximum absolute atomic E-state index is 6.15. The first-order valence-electron chi connectivity index (χ1n) is 6.60. The van der Waals surface area contributed by atoms with E-state index in [1.165, 1.54) is 0 Å². The maximum atomic E-state index is 6.15. The summed E-state index contributed by atoms with van der Waals surface area (Å²) in [5, 5.41) is 0. The summed E-state index contributed by atoms with van der Waals surface area (Å²) < 4.78 is 17.5. The van der Waals surface area contributed by atoms with Crippen molar-refractivity contribution < 1.29 is 14.2 Å². The highest BCUT2D eigenvalue weighted by molar-refractivity contribution is 5.44. The smallest absolute Gasteiger partial charge is 0.126 e. The molecule has 18 heavy (non-hydrogen) atoms. The standard InChI is InChI=1S/C15H20O3/c1-15(2)12-5-4-8-17-14(12)11-9-10(16-3)6-7-13(11)18-15/h6-7,9,12,14H,4-5,8H2,1-3H3. The van der Waals surface area contributed by atoms with Crippen molar-refractivity contribution in [2.75, 3.05) is 13.7 Å². The van der Waals surface area contributed by atoms with Crippen molar-refractivity contribution in [3.63, 3.8) is 0 Å². The van der Waals surface area contributed by atoms with Crippen LogP contribution in [-0.4, -0.2) is 19.3 Å². The van der Waals surface area contributed by atoms with E-state index in [1.54, 1.807) is 7.11 Å². The van der Waals surface area contributed by atoms with Crippen LogP contribution in [0.4, 0.5) is 0 Å². The Morgan fingerprint density at radius 1 is 1.33 bits per heavy atom. The zero-order chi connectivity index (χ0) is 12.8. The van der Waals surface area contributed by atoms with Crippen LogP contribution in [-0.2, 0) is 4.74 Å². The van der Waals surface area contributed by atoms with Crippen LogP contribution in [0.1, 0.15) is 38.4 Å². The monoisotopic (exact) mass is 248 g/mol. The molecule has 0 bridgehead atoms. The molecule has 0 amide bonds. The van der Waals surface area contributed by atoms with Crippen LogP contribution >= 0.6 is 0 Å². The number of hydrogen-bond acceptors (Lipinski definition) is 3. The van der Waals surface area contributed by atoms with E-state index in [9.17, 15) is 0 Å². The number of hydrogen-bond donors (Lipinski definition) is 0. The lowest BCUT2D eigenvalue weighted by Gasteiger charge is -2.47. The van der Waals surface area contributed by atoms with Crippen molar-refractivity contribution in [2.24, 2.45) is 5.92 Å². The van der Waals surface area contributed by atoms with Crippen LogP contribution < -0.4 is 9.47 Å². The van der Waals surface area contributed by atoms with Crippen molar-refractivity contribution in [3.8, 4) is 11.5 Å². The zero-order valence-electron chi connectivity index (χ0n) is 11.2. The Bertz CT molecular complexity index is 453. The molecule has 2 aliphatic rings. The fraction of sp³-hybridized carbons (Fsp3) is 0.600. The quantitative estimate of drug-likeness (QED) is 0.763. The predicted octanol–water partition coefficient (Wildman–Crippen LogP) is 3.33. The average Bonchev–Trinajstić information content (AvgIpc) is 2.38. The summed E-state index contributed by atoms with van der Waals surface area (Å²) in [7, 11) is 1.69. The third kappa shape index (κ3) is 1.77. The van der Waals surface area contributed by atoms with Gasteiger partial charge in [-0.05, 0) is 44.9 Å². The minimum absolute atomic E-state index is 0.146. The Morgan fingerprint density at radius 2 is 2.17 bits per heavy atom. The van der Waals surface area contributed by atoms with Crippen LogP contribution in [0.15, 0.2) is 18.2 Å². The second kappa shape index (κ2) is 4.16. The minimum Gasteiger partial charge on any atom is -0.497 e. The van der Waals surface area contributed by atoms with Gasteiger partial charge in [0.05, 0.1) is 13.2 Å². The molecular formula is C15H20O3. The predicted molar refractivity (Wildman–Crippen MR) is 69.1 cm³/mol. The molecule has 0 aliphatic carbocycles. The van der Waals surface area contributed by atoms with Gasteiger partial charge in [-0.3, -0.25) is 0 Å². The lowest BCUT2D eigenvalue weighted by molar-refractivity contribution is -0.116. The van der Waals surface area contributed by atoms with Crippen molar-refractivity contribution in [1.29, 1.82) is 0 Å². The molecule has 0 radical (unpaired) electrons. The first kappa shape index (κ1) is 11.8. The summed E-state index contributed by atoms with van der Waals surface area (Å²) in [5.41, 5.74) is 0.977. The Labute approximate surface area is 108 Å². The third-order valence-electron chi connectivity index (χ3n) is 4.11. The minimum atomic E-state index is -0.160. The van der Waals surface area contributed by atoms with Gasteiger partial charge >= 0.3 is 0 Å². The number of benzene rings is 1. The number of ether oxygens (including phenoxy) is 3. The highest BCUT2D eigenvalue weighted by Gasteiger charge is 2.45. The molecule has 2 atom stereocenters. The van der Waals surface area contributed by atoms with E-state index < -0.39 is 0 Å². The molecule has 0 saturated carbocycles. The fourth-order valence-corrected chi connectivity index (χ4v) is 3.13. The number of methoxy groups -OCH3 is 1. The van der Waals surface area contributed by atoms with Crippen molar-refractivity contribution in [1.82, 2.24) is 0 Å². The van der Waals surface area contributed by atoms with Gasteiger partial charge in [0, 0.05) is 18.1 Å². The molecule has 3 rings (SSSR count). The molecule has 3 nitrogen and oxygen atoms in total. The molecule has 1 aromatic rings. The van der Waals surface area contributed by atoms with E-state index in [4.69, 9.17) is 14.2 Å². The molecule has 98 valence electrons. The molecule has 2 aliphatic heterocycles. The summed E-state index contributed by atoms with van der Waals surface area (Å²) in [6.45, 7) is 5.16. The van der Waals surface area contributed by atoms with Gasteiger partial charge in [0.1, 0.15) is 17.1 Å². The normalized spacial score (nSPS) is 28.8. The summed E-state index contributed by atoms with van der Waals surface area (Å²) >= 11 is 0.